The smallest absolute Gasteiger partial charge is 0.267 e. The number of hydrogen-bond acceptors (Lipinski definition) is 3. The Hall–Kier alpha value is -2.12. The maximum Gasteiger partial charge on any atom is 0.417 e. The largest absolute Gasteiger partial charge is 0.417 e. The zero-order valence-electron chi connectivity index (χ0n) is 12.9. The highest BCUT2D eigenvalue weighted by Gasteiger charge is 2.31. The minimum Gasteiger partial charge on any atom is -0.267 e. The molecule has 0 aliphatic carbocycles. The summed E-state index contributed by atoms with van der Waals surface area (Å²) in [5, 5.41) is -0.189. The molecule has 128 valence electrons. The van der Waals surface area contributed by atoms with Gasteiger partial charge in [-0.1, -0.05) is 29.3 Å². The van der Waals surface area contributed by atoms with E-state index >= 15 is 0 Å². The third-order valence-electron chi connectivity index (χ3n) is 3.26. The van der Waals surface area contributed by atoms with E-state index in [-0.39, 0.29) is 17.3 Å². The summed E-state index contributed by atoms with van der Waals surface area (Å²) in [6.45, 7) is 3.37. The van der Waals surface area contributed by atoms with Crippen LogP contribution in [0.15, 0.2) is 30.5 Å². The Morgan fingerprint density at radius 2 is 2.00 bits per heavy atom. The lowest BCUT2D eigenvalue weighted by atomic mass is 10.1. The van der Waals surface area contributed by atoms with Crippen molar-refractivity contribution in [1.29, 1.82) is 0 Å². The first-order chi connectivity index (χ1) is 11.2. The van der Waals surface area contributed by atoms with Crippen LogP contribution in [0, 0.1) is 13.8 Å². The number of carbonyl (C=O) groups excluding carboxylic acids is 1. The number of pyridine rings is 1. The quantitative estimate of drug-likeness (QED) is 0.832. The van der Waals surface area contributed by atoms with Crippen LogP contribution in [-0.2, 0) is 17.6 Å². The summed E-state index contributed by atoms with van der Waals surface area (Å²) < 4.78 is 37.6. The fourth-order valence-electron chi connectivity index (χ4n) is 1.93. The first-order valence-corrected chi connectivity index (χ1v) is 7.27. The number of alkyl halides is 3. The number of aromatic nitrogens is 1. The standard InChI is InChI=1S/C16H14ClF3N2O2/c1-9-3-4-10(2)12(5-9)15(23)22-24-8-14-13(17)6-11(7-21-14)16(18,19)20/h3-7H,8H2,1-2H3,(H,22,23). The maximum atomic E-state index is 12.5. The van der Waals surface area contributed by atoms with Crippen molar-refractivity contribution in [3.05, 3.63) is 63.4 Å². The van der Waals surface area contributed by atoms with Crippen molar-refractivity contribution in [3.63, 3.8) is 0 Å². The van der Waals surface area contributed by atoms with E-state index in [9.17, 15) is 18.0 Å². The van der Waals surface area contributed by atoms with Gasteiger partial charge in [0.15, 0.2) is 0 Å². The third-order valence-corrected chi connectivity index (χ3v) is 3.58. The van der Waals surface area contributed by atoms with E-state index in [0.717, 1.165) is 17.2 Å². The van der Waals surface area contributed by atoms with Crippen molar-refractivity contribution < 1.29 is 22.8 Å². The molecule has 0 bridgehead atoms. The summed E-state index contributed by atoms with van der Waals surface area (Å²) in [6.07, 6.45) is -3.86. The molecule has 4 nitrogen and oxygen atoms in total. The molecular formula is C16H14ClF3N2O2. The first-order valence-electron chi connectivity index (χ1n) is 6.89. The van der Waals surface area contributed by atoms with Crippen molar-refractivity contribution in [1.82, 2.24) is 10.5 Å². The molecule has 2 rings (SSSR count). The third kappa shape index (κ3) is 4.46. The number of nitrogens with zero attached hydrogens (tertiary/aromatic N) is 1. The van der Waals surface area contributed by atoms with Gasteiger partial charge < -0.3 is 0 Å². The predicted molar refractivity (Wildman–Crippen MR) is 82.4 cm³/mol. The fourth-order valence-corrected chi connectivity index (χ4v) is 2.15. The number of nitrogens with one attached hydrogen (secondary N) is 1. The number of halogens is 4. The second-order valence-corrected chi connectivity index (χ2v) is 5.60. The van der Waals surface area contributed by atoms with Crippen molar-refractivity contribution in [2.24, 2.45) is 0 Å². The SMILES string of the molecule is Cc1ccc(C)c(C(=O)NOCc2ncc(C(F)(F)F)cc2Cl)c1. The van der Waals surface area contributed by atoms with E-state index in [2.05, 4.69) is 10.5 Å². The topological polar surface area (TPSA) is 51.2 Å². The van der Waals surface area contributed by atoms with Crippen molar-refractivity contribution in [2.75, 3.05) is 0 Å². The van der Waals surface area contributed by atoms with Crippen molar-refractivity contribution in [2.45, 2.75) is 26.6 Å². The lowest BCUT2D eigenvalue weighted by molar-refractivity contribution is -0.137. The second-order valence-electron chi connectivity index (χ2n) is 5.19. The summed E-state index contributed by atoms with van der Waals surface area (Å²) in [4.78, 5) is 20.7. The molecule has 8 heteroatoms. The molecule has 0 atom stereocenters. The summed E-state index contributed by atoms with van der Waals surface area (Å²) in [7, 11) is 0. The van der Waals surface area contributed by atoms with Gasteiger partial charge in [0.1, 0.15) is 6.61 Å². The van der Waals surface area contributed by atoms with Crippen LogP contribution < -0.4 is 5.48 Å². The molecule has 0 aliphatic heterocycles. The lowest BCUT2D eigenvalue weighted by Crippen LogP contribution is -2.24. The zero-order chi connectivity index (χ0) is 17.9. The minimum atomic E-state index is -4.52. The zero-order valence-corrected chi connectivity index (χ0v) is 13.6. The van der Waals surface area contributed by atoms with Crippen LogP contribution in [0.5, 0.6) is 0 Å². The molecule has 1 heterocycles. The highest BCUT2D eigenvalue weighted by Crippen LogP contribution is 2.31. The van der Waals surface area contributed by atoms with Gasteiger partial charge in [-0.05, 0) is 31.5 Å². The van der Waals surface area contributed by atoms with Gasteiger partial charge in [-0.25, -0.2) is 5.48 Å². The van der Waals surface area contributed by atoms with Gasteiger partial charge in [-0.3, -0.25) is 14.6 Å². The molecule has 1 aromatic carbocycles. The number of rotatable bonds is 4. The molecular weight excluding hydrogens is 345 g/mol. The van der Waals surface area contributed by atoms with Gasteiger partial charge in [-0.15, -0.1) is 0 Å². The Balaban J connectivity index is 1.99. The van der Waals surface area contributed by atoms with Gasteiger partial charge in [0, 0.05) is 11.8 Å². The molecule has 24 heavy (non-hydrogen) atoms. The highest BCUT2D eigenvalue weighted by molar-refractivity contribution is 6.31. The molecule has 1 amide bonds. The summed E-state index contributed by atoms with van der Waals surface area (Å²) in [5.74, 6) is -0.459. The van der Waals surface area contributed by atoms with Crippen LogP contribution in [0.3, 0.4) is 0 Å². The van der Waals surface area contributed by atoms with Gasteiger partial charge in [-0.2, -0.15) is 13.2 Å². The van der Waals surface area contributed by atoms with E-state index < -0.39 is 17.6 Å². The van der Waals surface area contributed by atoms with Gasteiger partial charge in [0.05, 0.1) is 16.3 Å². The summed E-state index contributed by atoms with van der Waals surface area (Å²) in [6, 6.07) is 6.15. The average molecular weight is 359 g/mol. The molecule has 0 fully saturated rings. The normalized spacial score (nSPS) is 11.4. The Morgan fingerprint density at radius 1 is 1.29 bits per heavy atom. The lowest BCUT2D eigenvalue weighted by Gasteiger charge is -2.11. The molecule has 0 saturated carbocycles. The van der Waals surface area contributed by atoms with Crippen LogP contribution in [0.4, 0.5) is 13.2 Å². The van der Waals surface area contributed by atoms with E-state index in [1.165, 1.54) is 0 Å². The number of hydrogen-bond donors (Lipinski definition) is 1. The number of benzene rings is 1. The summed E-state index contributed by atoms with van der Waals surface area (Å²) in [5.41, 5.74) is 3.50. The maximum absolute atomic E-state index is 12.5. The molecule has 1 N–H and O–H groups in total. The van der Waals surface area contributed by atoms with Gasteiger partial charge in [0.25, 0.3) is 5.91 Å². The molecule has 0 radical (unpaired) electrons. The second kappa shape index (κ2) is 7.19. The summed E-state index contributed by atoms with van der Waals surface area (Å²) >= 11 is 5.76. The van der Waals surface area contributed by atoms with Crippen LogP contribution in [0.1, 0.15) is 32.7 Å². The predicted octanol–water partition coefficient (Wildman–Crippen LogP) is 4.23. The van der Waals surface area contributed by atoms with Crippen LogP contribution in [0.2, 0.25) is 5.02 Å². The average Bonchev–Trinajstić information content (AvgIpc) is 2.50. The van der Waals surface area contributed by atoms with Crippen LogP contribution in [0.25, 0.3) is 0 Å². The van der Waals surface area contributed by atoms with E-state index in [1.807, 2.05) is 13.0 Å². The number of carbonyl (C=O) groups is 1. The Bertz CT molecular complexity index is 763. The number of amides is 1. The molecule has 2 aromatic rings. The Labute approximate surface area is 141 Å². The van der Waals surface area contributed by atoms with Gasteiger partial charge >= 0.3 is 6.18 Å². The van der Waals surface area contributed by atoms with Crippen LogP contribution >= 0.6 is 11.6 Å². The number of aryl methyl sites for hydroxylation is 2. The van der Waals surface area contributed by atoms with E-state index in [4.69, 9.17) is 16.4 Å². The molecule has 0 aliphatic rings. The Morgan fingerprint density at radius 3 is 2.62 bits per heavy atom. The molecule has 1 aromatic heterocycles. The van der Waals surface area contributed by atoms with Gasteiger partial charge in [0.2, 0.25) is 0 Å². The molecule has 0 spiro atoms. The van der Waals surface area contributed by atoms with E-state index in [1.54, 1.807) is 19.1 Å². The number of hydroxylamine groups is 1. The highest BCUT2D eigenvalue weighted by atomic mass is 35.5. The van der Waals surface area contributed by atoms with Crippen molar-refractivity contribution in [3.8, 4) is 0 Å². The fraction of sp³-hybridized carbons (Fsp3) is 0.250. The molecule has 0 saturated heterocycles. The van der Waals surface area contributed by atoms with E-state index in [0.29, 0.717) is 11.8 Å². The van der Waals surface area contributed by atoms with Crippen molar-refractivity contribution >= 4 is 17.5 Å². The van der Waals surface area contributed by atoms with Crippen LogP contribution in [-0.4, -0.2) is 10.9 Å². The Kier molecular flexibility index (Phi) is 5.46. The minimum absolute atomic E-state index is 0.0888. The first kappa shape index (κ1) is 18.2. The monoisotopic (exact) mass is 358 g/mol. The molecule has 0 unspecified atom stereocenters.